The van der Waals surface area contributed by atoms with E-state index < -0.39 is 0 Å². The lowest BCUT2D eigenvalue weighted by atomic mass is 10.1. The summed E-state index contributed by atoms with van der Waals surface area (Å²) in [6.07, 6.45) is 12.7. The van der Waals surface area contributed by atoms with Gasteiger partial charge in [0, 0.05) is 0 Å². The highest BCUT2D eigenvalue weighted by molar-refractivity contribution is 8.17. The van der Waals surface area contributed by atoms with Crippen LogP contribution in [0.25, 0.3) is 0 Å². The second-order valence-electron chi connectivity index (χ2n) is 4.73. The van der Waals surface area contributed by atoms with Gasteiger partial charge in [0.1, 0.15) is 0 Å². The molecule has 0 saturated heterocycles. The Morgan fingerprint density at radius 3 is 1.71 bits per heavy atom. The van der Waals surface area contributed by atoms with Gasteiger partial charge in [0.05, 0.1) is 4.58 Å². The van der Waals surface area contributed by atoms with Crippen molar-refractivity contribution in [1.82, 2.24) is 0 Å². The molecule has 0 atom stereocenters. The molecule has 0 saturated carbocycles. The van der Waals surface area contributed by atoms with Crippen LogP contribution >= 0.6 is 23.5 Å². The quantitative estimate of drug-likeness (QED) is 0.284. The first kappa shape index (κ1) is 17.7. The van der Waals surface area contributed by atoms with Gasteiger partial charge < -0.3 is 0 Å². The zero-order chi connectivity index (χ0) is 12.8. The first-order valence-corrected chi connectivity index (χ1v) is 9.68. The van der Waals surface area contributed by atoms with Crippen LogP contribution in [0.5, 0.6) is 0 Å². The molecule has 104 valence electrons. The maximum absolute atomic E-state index is 2.29. The first-order valence-electron chi connectivity index (χ1n) is 7.58. The molecule has 0 nitrogen and oxygen atoms in total. The molecule has 0 heterocycles. The molecule has 0 radical (unpaired) electrons. The Kier molecular flexibility index (Phi) is 15.4. The van der Waals surface area contributed by atoms with Crippen molar-refractivity contribution in [2.75, 3.05) is 11.5 Å². The molecule has 0 aliphatic rings. The molecule has 0 aliphatic heterocycles. The van der Waals surface area contributed by atoms with Crippen LogP contribution in [0.4, 0.5) is 0 Å². The van der Waals surface area contributed by atoms with E-state index in [4.69, 9.17) is 0 Å². The molecule has 2 heteroatoms. The minimum Gasteiger partial charge on any atom is -0.148 e. The molecule has 0 fully saturated rings. The second kappa shape index (κ2) is 14.8. The van der Waals surface area contributed by atoms with Gasteiger partial charge >= 0.3 is 0 Å². The minimum atomic E-state index is 0.876. The molecule has 0 aliphatic carbocycles. The third-order valence-corrected chi connectivity index (χ3v) is 6.13. The topological polar surface area (TPSA) is 0 Å². The van der Waals surface area contributed by atoms with Crippen LogP contribution in [-0.4, -0.2) is 16.1 Å². The number of hydrogen-bond acceptors (Lipinski definition) is 2. The molecule has 0 rings (SSSR count). The van der Waals surface area contributed by atoms with E-state index in [1.165, 1.54) is 69.3 Å². The maximum atomic E-state index is 2.29. The van der Waals surface area contributed by atoms with Crippen LogP contribution in [0.15, 0.2) is 0 Å². The van der Waals surface area contributed by atoms with Crippen LogP contribution in [0.2, 0.25) is 0 Å². The summed E-state index contributed by atoms with van der Waals surface area (Å²) in [4.78, 5) is 0. The van der Waals surface area contributed by atoms with Crippen LogP contribution in [0.1, 0.15) is 78.6 Å². The van der Waals surface area contributed by atoms with Gasteiger partial charge in [-0.2, -0.15) is 0 Å². The van der Waals surface area contributed by atoms with Crippen molar-refractivity contribution < 1.29 is 0 Å². The lowest BCUT2D eigenvalue weighted by molar-refractivity contribution is 0.600. The van der Waals surface area contributed by atoms with Gasteiger partial charge in [0.25, 0.3) is 0 Å². The van der Waals surface area contributed by atoms with E-state index in [0.29, 0.717) is 0 Å². The Labute approximate surface area is 118 Å². The molecular formula is C15H32S2. The smallest absolute Gasteiger partial charge is 0.0502 e. The highest BCUT2D eigenvalue weighted by Crippen LogP contribution is 2.29. The summed E-state index contributed by atoms with van der Waals surface area (Å²) < 4.78 is 0.876. The van der Waals surface area contributed by atoms with E-state index in [-0.39, 0.29) is 0 Å². The predicted octanol–water partition coefficient (Wildman–Crippen LogP) is 6.35. The van der Waals surface area contributed by atoms with E-state index in [2.05, 4.69) is 44.3 Å². The highest BCUT2D eigenvalue weighted by atomic mass is 32.2. The molecule has 17 heavy (non-hydrogen) atoms. The fourth-order valence-electron chi connectivity index (χ4n) is 1.80. The van der Waals surface area contributed by atoms with Gasteiger partial charge in [-0.3, -0.25) is 0 Å². The van der Waals surface area contributed by atoms with Gasteiger partial charge in [-0.25, -0.2) is 0 Å². The molecule has 0 aromatic carbocycles. The Balaban J connectivity index is 3.45. The van der Waals surface area contributed by atoms with E-state index in [1.807, 2.05) is 0 Å². The Morgan fingerprint density at radius 1 is 0.647 bits per heavy atom. The van der Waals surface area contributed by atoms with E-state index in [0.717, 1.165) is 4.58 Å². The predicted molar refractivity (Wildman–Crippen MR) is 87.3 cm³/mol. The standard InChI is InChI=1S/C15H32S2/c1-4-7-8-9-10-11-12-15(16-13-5-2)17-14-6-3/h15H,4-14H2,1-3H3. The van der Waals surface area contributed by atoms with E-state index in [1.54, 1.807) is 0 Å². The summed E-state index contributed by atoms with van der Waals surface area (Å²) in [6.45, 7) is 6.87. The summed E-state index contributed by atoms with van der Waals surface area (Å²) in [5, 5.41) is 0. The number of thioether (sulfide) groups is 2. The normalized spacial score (nSPS) is 11.3. The molecule has 0 amide bonds. The second-order valence-corrected chi connectivity index (χ2v) is 7.65. The SMILES string of the molecule is CCCCCCCCC(SCCC)SCCC. The average molecular weight is 277 g/mol. The number of hydrogen-bond donors (Lipinski definition) is 0. The van der Waals surface area contributed by atoms with Crippen LogP contribution in [0, 0.1) is 0 Å². The first-order chi connectivity index (χ1) is 8.35. The van der Waals surface area contributed by atoms with Crippen molar-refractivity contribution in [3.8, 4) is 0 Å². The summed E-state index contributed by atoms with van der Waals surface area (Å²) >= 11 is 4.39. The monoisotopic (exact) mass is 276 g/mol. The van der Waals surface area contributed by atoms with Crippen molar-refractivity contribution in [2.45, 2.75) is 83.1 Å². The highest BCUT2D eigenvalue weighted by Gasteiger charge is 2.08. The van der Waals surface area contributed by atoms with Crippen LogP contribution < -0.4 is 0 Å². The fraction of sp³-hybridized carbons (Fsp3) is 1.00. The summed E-state index contributed by atoms with van der Waals surface area (Å²) in [5.41, 5.74) is 0. The van der Waals surface area contributed by atoms with Crippen molar-refractivity contribution in [3.05, 3.63) is 0 Å². The average Bonchev–Trinajstić information content (AvgIpc) is 2.35. The largest absolute Gasteiger partial charge is 0.148 e. The van der Waals surface area contributed by atoms with Crippen molar-refractivity contribution in [1.29, 1.82) is 0 Å². The molecule has 0 spiro atoms. The minimum absolute atomic E-state index is 0.876. The lowest BCUT2D eigenvalue weighted by Gasteiger charge is -2.15. The van der Waals surface area contributed by atoms with Crippen molar-refractivity contribution in [3.63, 3.8) is 0 Å². The number of rotatable bonds is 13. The molecular weight excluding hydrogens is 244 g/mol. The maximum Gasteiger partial charge on any atom is 0.0502 e. The molecule has 0 aromatic rings. The summed E-state index contributed by atoms with van der Waals surface area (Å²) in [5.74, 6) is 2.69. The van der Waals surface area contributed by atoms with Crippen molar-refractivity contribution in [2.24, 2.45) is 0 Å². The summed E-state index contributed by atoms with van der Waals surface area (Å²) in [7, 11) is 0. The van der Waals surface area contributed by atoms with Crippen LogP contribution in [-0.2, 0) is 0 Å². The zero-order valence-electron chi connectivity index (χ0n) is 12.2. The number of unbranched alkanes of at least 4 members (excludes halogenated alkanes) is 5. The Hall–Kier alpha value is 0.700. The van der Waals surface area contributed by atoms with Gasteiger partial charge in [-0.1, -0.05) is 59.3 Å². The Bertz CT molecular complexity index is 129. The van der Waals surface area contributed by atoms with Crippen LogP contribution in [0.3, 0.4) is 0 Å². The van der Waals surface area contributed by atoms with Crippen molar-refractivity contribution >= 4 is 23.5 Å². The van der Waals surface area contributed by atoms with Gasteiger partial charge in [-0.05, 0) is 30.8 Å². The van der Waals surface area contributed by atoms with Gasteiger partial charge in [0.15, 0.2) is 0 Å². The summed E-state index contributed by atoms with van der Waals surface area (Å²) in [6, 6.07) is 0. The lowest BCUT2D eigenvalue weighted by Crippen LogP contribution is -2.00. The molecule has 0 aromatic heterocycles. The molecule has 0 unspecified atom stereocenters. The zero-order valence-corrected chi connectivity index (χ0v) is 13.8. The molecule has 0 N–H and O–H groups in total. The van der Waals surface area contributed by atoms with Gasteiger partial charge in [0.2, 0.25) is 0 Å². The molecule has 0 bridgehead atoms. The third-order valence-electron chi connectivity index (χ3n) is 2.81. The fourth-order valence-corrected chi connectivity index (χ4v) is 4.43. The Morgan fingerprint density at radius 2 is 1.18 bits per heavy atom. The van der Waals surface area contributed by atoms with E-state index >= 15 is 0 Å². The third kappa shape index (κ3) is 12.9. The van der Waals surface area contributed by atoms with E-state index in [9.17, 15) is 0 Å². The van der Waals surface area contributed by atoms with Gasteiger partial charge in [-0.15, -0.1) is 23.5 Å².